The van der Waals surface area contributed by atoms with Gasteiger partial charge in [0.15, 0.2) is 0 Å². The first-order chi connectivity index (χ1) is 17.6. The number of fused-ring (bicyclic) bond motifs is 2. The summed E-state index contributed by atoms with van der Waals surface area (Å²) in [5.41, 5.74) is 4.33. The summed E-state index contributed by atoms with van der Waals surface area (Å²) in [6.45, 7) is 12.1. The first-order valence-corrected chi connectivity index (χ1v) is 17.2. The third-order valence-electron chi connectivity index (χ3n) is 7.76. The minimum absolute atomic E-state index is 0.0363. The number of ether oxygens (including phenoxy) is 2. The molecule has 37 heavy (non-hydrogen) atoms. The summed E-state index contributed by atoms with van der Waals surface area (Å²) in [4.78, 5) is 27.1. The van der Waals surface area contributed by atoms with Gasteiger partial charge in [-0.2, -0.15) is 0 Å². The van der Waals surface area contributed by atoms with Crippen LogP contribution in [-0.2, 0) is 25.6 Å². The Bertz CT molecular complexity index is 1110. The van der Waals surface area contributed by atoms with Crippen LogP contribution >= 0.6 is 0 Å². The van der Waals surface area contributed by atoms with Gasteiger partial charge in [0.1, 0.15) is 5.75 Å². The second kappa shape index (κ2) is 11.4. The zero-order valence-corrected chi connectivity index (χ0v) is 23.8. The molecule has 0 radical (unpaired) electrons. The summed E-state index contributed by atoms with van der Waals surface area (Å²) in [7, 11) is -1.37. The summed E-state index contributed by atoms with van der Waals surface area (Å²) in [5, 5.41) is 14.0. The van der Waals surface area contributed by atoms with Crippen molar-refractivity contribution >= 4 is 20.0 Å². The third kappa shape index (κ3) is 6.26. The molecule has 0 aliphatic heterocycles. The SMILES string of the molecule is CCCOC(=O)[C@H]1[C@H](C(=O)OCC[Si](C)(C)C)C2CC(NCc3ccc(C)cc3)[C@H]1c1cc(O)ccc12. The van der Waals surface area contributed by atoms with Gasteiger partial charge in [-0.1, -0.05) is 62.5 Å². The van der Waals surface area contributed by atoms with Crippen molar-refractivity contribution in [2.24, 2.45) is 11.8 Å². The van der Waals surface area contributed by atoms with Crippen LogP contribution in [0.25, 0.3) is 0 Å². The number of carbonyl (C=O) groups is 2. The second-order valence-corrected chi connectivity index (χ2v) is 17.5. The van der Waals surface area contributed by atoms with Crippen molar-refractivity contribution in [3.63, 3.8) is 0 Å². The monoisotopic (exact) mass is 523 g/mol. The van der Waals surface area contributed by atoms with E-state index in [0.29, 0.717) is 26.2 Å². The number of esters is 2. The van der Waals surface area contributed by atoms with Gasteiger partial charge in [-0.15, -0.1) is 0 Å². The molecule has 5 rings (SSSR count). The van der Waals surface area contributed by atoms with Crippen LogP contribution in [0.5, 0.6) is 5.75 Å². The Morgan fingerprint density at radius 3 is 2.32 bits per heavy atom. The smallest absolute Gasteiger partial charge is 0.310 e. The highest BCUT2D eigenvalue weighted by atomic mass is 28.3. The van der Waals surface area contributed by atoms with E-state index in [1.54, 1.807) is 12.1 Å². The molecule has 5 atom stereocenters. The summed E-state index contributed by atoms with van der Waals surface area (Å²) >= 11 is 0. The predicted octanol–water partition coefficient (Wildman–Crippen LogP) is 5.51. The molecule has 2 aromatic rings. The quantitative estimate of drug-likeness (QED) is 0.316. The summed E-state index contributed by atoms with van der Waals surface area (Å²) < 4.78 is 11.5. The number of benzene rings is 2. The lowest BCUT2D eigenvalue weighted by atomic mass is 9.54. The average molecular weight is 524 g/mol. The molecule has 0 saturated heterocycles. The Morgan fingerprint density at radius 1 is 0.973 bits per heavy atom. The van der Waals surface area contributed by atoms with Gasteiger partial charge in [0, 0.05) is 26.6 Å². The van der Waals surface area contributed by atoms with Gasteiger partial charge in [0.05, 0.1) is 25.0 Å². The van der Waals surface area contributed by atoms with E-state index in [9.17, 15) is 14.7 Å². The van der Waals surface area contributed by atoms with Crippen LogP contribution in [0.4, 0.5) is 0 Å². The molecule has 0 amide bonds. The molecule has 6 nitrogen and oxygen atoms in total. The van der Waals surface area contributed by atoms with E-state index in [1.165, 1.54) is 5.56 Å². The number of aryl methyl sites for hydroxylation is 1. The fraction of sp³-hybridized carbons (Fsp3) is 0.533. The molecule has 1 saturated carbocycles. The van der Waals surface area contributed by atoms with E-state index in [4.69, 9.17) is 9.47 Å². The lowest BCUT2D eigenvalue weighted by Crippen LogP contribution is -2.56. The molecule has 3 aliphatic rings. The lowest BCUT2D eigenvalue weighted by molar-refractivity contribution is -0.166. The Kier molecular flexibility index (Phi) is 8.44. The molecular weight excluding hydrogens is 482 g/mol. The topological polar surface area (TPSA) is 84.9 Å². The number of nitrogens with one attached hydrogen (secondary N) is 1. The molecule has 2 N–H and O–H groups in total. The molecule has 0 heterocycles. The van der Waals surface area contributed by atoms with Crippen molar-refractivity contribution in [1.82, 2.24) is 5.32 Å². The van der Waals surface area contributed by atoms with E-state index < -0.39 is 19.9 Å². The van der Waals surface area contributed by atoms with Gasteiger partial charge in [0.2, 0.25) is 0 Å². The van der Waals surface area contributed by atoms with Gasteiger partial charge < -0.3 is 19.9 Å². The van der Waals surface area contributed by atoms with Crippen molar-refractivity contribution in [3.05, 3.63) is 64.7 Å². The van der Waals surface area contributed by atoms with Crippen LogP contribution in [0.1, 0.15) is 53.9 Å². The Morgan fingerprint density at radius 2 is 1.65 bits per heavy atom. The van der Waals surface area contributed by atoms with E-state index in [0.717, 1.165) is 29.2 Å². The second-order valence-electron chi connectivity index (χ2n) is 11.9. The standard InChI is InChI=1S/C30H41NO5Si/c1-6-13-35-30(34)28-26-23-16-21(32)11-12-22(23)24(27(28)29(33)36-14-15-37(3,4)5)17-25(26)31-18-20-9-7-19(2)8-10-20/h7-12,16,24-28,31-32H,6,13-15,17-18H2,1-5H3/t24?,25?,26-,27-,28-/m1/s1. The van der Waals surface area contributed by atoms with Crippen molar-refractivity contribution in [3.8, 4) is 5.75 Å². The Balaban J connectivity index is 1.66. The fourth-order valence-electron chi connectivity index (χ4n) is 5.83. The minimum atomic E-state index is -1.37. The molecular formula is C30H41NO5Si. The molecule has 1 fully saturated rings. The predicted molar refractivity (Wildman–Crippen MR) is 147 cm³/mol. The summed E-state index contributed by atoms with van der Waals surface area (Å²) in [6, 6.07) is 14.6. The first kappa shape index (κ1) is 27.4. The highest BCUT2D eigenvalue weighted by Gasteiger charge is 2.57. The number of aromatic hydroxyl groups is 1. The molecule has 0 spiro atoms. The largest absolute Gasteiger partial charge is 0.508 e. The highest BCUT2D eigenvalue weighted by Crippen LogP contribution is 2.57. The Hall–Kier alpha value is -2.64. The molecule has 2 unspecified atom stereocenters. The van der Waals surface area contributed by atoms with E-state index >= 15 is 0 Å². The number of phenolic OH excluding ortho intramolecular Hbond substituents is 1. The molecule has 2 bridgehead atoms. The first-order valence-electron chi connectivity index (χ1n) is 13.5. The molecule has 200 valence electrons. The number of hydrogen-bond donors (Lipinski definition) is 2. The summed E-state index contributed by atoms with van der Waals surface area (Å²) in [5.74, 6) is -2.22. The van der Waals surface area contributed by atoms with Crippen molar-refractivity contribution in [1.29, 1.82) is 0 Å². The molecule has 7 heteroatoms. The van der Waals surface area contributed by atoms with Crippen LogP contribution in [0.3, 0.4) is 0 Å². The highest BCUT2D eigenvalue weighted by molar-refractivity contribution is 6.76. The van der Waals surface area contributed by atoms with Crippen LogP contribution < -0.4 is 5.32 Å². The maximum absolute atomic E-state index is 13.6. The lowest BCUT2D eigenvalue weighted by Gasteiger charge is -2.51. The van der Waals surface area contributed by atoms with Gasteiger partial charge in [-0.25, -0.2) is 0 Å². The van der Waals surface area contributed by atoms with Gasteiger partial charge in [-0.3, -0.25) is 9.59 Å². The fourth-order valence-corrected chi connectivity index (χ4v) is 6.55. The van der Waals surface area contributed by atoms with E-state index in [2.05, 4.69) is 56.1 Å². The van der Waals surface area contributed by atoms with Crippen LogP contribution in [0.2, 0.25) is 25.7 Å². The third-order valence-corrected chi connectivity index (χ3v) is 9.46. The molecule has 2 aromatic carbocycles. The maximum atomic E-state index is 13.6. The minimum Gasteiger partial charge on any atom is -0.508 e. The van der Waals surface area contributed by atoms with Gasteiger partial charge >= 0.3 is 11.9 Å². The number of hydrogen-bond acceptors (Lipinski definition) is 6. The molecule has 3 aliphatic carbocycles. The number of rotatable bonds is 10. The zero-order valence-electron chi connectivity index (χ0n) is 22.8. The zero-order chi connectivity index (χ0) is 26.7. The van der Waals surface area contributed by atoms with Gasteiger partial charge in [0.25, 0.3) is 0 Å². The van der Waals surface area contributed by atoms with Crippen LogP contribution in [0, 0.1) is 18.8 Å². The van der Waals surface area contributed by atoms with E-state index in [-0.39, 0.29) is 35.6 Å². The van der Waals surface area contributed by atoms with Crippen LogP contribution in [0.15, 0.2) is 42.5 Å². The average Bonchev–Trinajstić information content (AvgIpc) is 2.85. The van der Waals surface area contributed by atoms with Gasteiger partial charge in [-0.05, 0) is 60.6 Å². The normalized spacial score (nSPS) is 24.4. The Labute approximate surface area is 221 Å². The van der Waals surface area contributed by atoms with Crippen LogP contribution in [-0.4, -0.2) is 44.4 Å². The van der Waals surface area contributed by atoms with E-state index in [1.807, 2.05) is 13.0 Å². The van der Waals surface area contributed by atoms with Crippen molar-refractivity contribution in [2.45, 2.75) is 76.8 Å². The maximum Gasteiger partial charge on any atom is 0.310 e. The number of carbonyl (C=O) groups excluding carboxylic acids is 2. The van der Waals surface area contributed by atoms with Crippen molar-refractivity contribution < 1.29 is 24.2 Å². The summed E-state index contributed by atoms with van der Waals surface area (Å²) in [6.07, 6.45) is 1.43. The number of phenols is 1. The van der Waals surface area contributed by atoms with Crippen molar-refractivity contribution in [2.75, 3.05) is 13.2 Å². The molecule has 0 aromatic heterocycles.